The maximum atomic E-state index is 9.66. The quantitative estimate of drug-likeness (QED) is 0.509. The molecular formula is C6H10O. The van der Waals surface area contributed by atoms with Crippen LogP contribution in [0, 0.1) is 12.3 Å². The van der Waals surface area contributed by atoms with E-state index in [0.717, 1.165) is 0 Å². The summed E-state index contributed by atoms with van der Waals surface area (Å²) in [5.74, 6) is 0. The lowest BCUT2D eigenvalue weighted by molar-refractivity contribution is 0.467. The molecule has 1 heteroatoms. The Morgan fingerprint density at radius 2 is 2.14 bits per heavy atom. The highest BCUT2D eigenvalue weighted by Gasteiger charge is 2.07. The zero-order chi connectivity index (χ0) is 5.91. The highest BCUT2D eigenvalue weighted by Crippen LogP contribution is 2.14. The van der Waals surface area contributed by atoms with E-state index in [1.54, 1.807) is 6.29 Å². The van der Waals surface area contributed by atoms with Crippen LogP contribution in [0.1, 0.15) is 20.3 Å². The molecule has 2 radical (unpaired) electrons. The van der Waals surface area contributed by atoms with E-state index in [4.69, 9.17) is 0 Å². The molecule has 0 aromatic heterocycles. The molecule has 0 fully saturated rings. The minimum atomic E-state index is -0.123. The molecule has 0 aliphatic rings. The van der Waals surface area contributed by atoms with Crippen LogP contribution in [0.4, 0.5) is 0 Å². The second kappa shape index (κ2) is 2.10. The third kappa shape index (κ3) is 5.67. The van der Waals surface area contributed by atoms with E-state index >= 15 is 0 Å². The van der Waals surface area contributed by atoms with Gasteiger partial charge in [0.25, 0.3) is 0 Å². The summed E-state index contributed by atoms with van der Waals surface area (Å²) >= 11 is 0. The zero-order valence-electron chi connectivity index (χ0n) is 4.82. The van der Waals surface area contributed by atoms with E-state index in [9.17, 15) is 4.79 Å². The lowest BCUT2D eigenvalue weighted by Gasteiger charge is -2.10. The van der Waals surface area contributed by atoms with Gasteiger partial charge in [0.2, 0.25) is 0 Å². The molecule has 0 aromatic carbocycles. The van der Waals surface area contributed by atoms with Gasteiger partial charge >= 0.3 is 0 Å². The molecule has 40 valence electrons. The van der Waals surface area contributed by atoms with E-state index in [-0.39, 0.29) is 5.41 Å². The van der Waals surface area contributed by atoms with E-state index in [0.29, 0.717) is 6.42 Å². The minimum Gasteiger partial charge on any atom is -0.291 e. The molecule has 0 amide bonds. The van der Waals surface area contributed by atoms with Crippen LogP contribution in [0.2, 0.25) is 0 Å². The van der Waals surface area contributed by atoms with Crippen molar-refractivity contribution in [2.75, 3.05) is 0 Å². The monoisotopic (exact) mass is 98.1 g/mol. The van der Waals surface area contributed by atoms with Gasteiger partial charge in [0, 0.05) is 6.42 Å². The van der Waals surface area contributed by atoms with Gasteiger partial charge in [-0.2, -0.15) is 0 Å². The summed E-state index contributed by atoms with van der Waals surface area (Å²) in [6, 6.07) is 0. The second-order valence-corrected chi connectivity index (χ2v) is 2.49. The lowest BCUT2D eigenvalue weighted by Crippen LogP contribution is -2.04. The molecule has 0 atom stereocenters. The number of hydrogen-bond acceptors (Lipinski definition) is 1. The molecular weight excluding hydrogens is 88.1 g/mol. The van der Waals surface area contributed by atoms with E-state index in [2.05, 4.69) is 6.92 Å². The first kappa shape index (κ1) is 6.67. The molecule has 0 saturated carbocycles. The Morgan fingerprint density at radius 1 is 1.71 bits per heavy atom. The van der Waals surface area contributed by atoms with Gasteiger partial charge in [-0.3, -0.25) is 4.79 Å². The standard InChI is InChI=1S/C6H10O/c1-6(2,3)4-5-7/h1,4H2,2-3H3. The Balaban J connectivity index is 3.34. The van der Waals surface area contributed by atoms with Crippen LogP contribution < -0.4 is 0 Å². The molecule has 1 nitrogen and oxygen atoms in total. The topological polar surface area (TPSA) is 17.1 Å². The smallest absolute Gasteiger partial charge is 0.198 e. The van der Waals surface area contributed by atoms with E-state index in [1.165, 1.54) is 0 Å². The molecule has 0 aliphatic heterocycles. The minimum absolute atomic E-state index is 0.123. The summed E-state index contributed by atoms with van der Waals surface area (Å²) in [7, 11) is 0. The van der Waals surface area contributed by atoms with Gasteiger partial charge in [0.1, 0.15) is 0 Å². The van der Waals surface area contributed by atoms with Crippen LogP contribution in [0.25, 0.3) is 0 Å². The summed E-state index contributed by atoms with van der Waals surface area (Å²) < 4.78 is 0. The normalized spacial score (nSPS) is 11.3. The molecule has 7 heavy (non-hydrogen) atoms. The van der Waals surface area contributed by atoms with Crippen LogP contribution in [0.3, 0.4) is 0 Å². The predicted molar refractivity (Wildman–Crippen MR) is 29.4 cm³/mol. The van der Waals surface area contributed by atoms with Gasteiger partial charge in [-0.25, -0.2) is 0 Å². The molecule has 0 heterocycles. The summed E-state index contributed by atoms with van der Waals surface area (Å²) in [5.41, 5.74) is -0.123. The van der Waals surface area contributed by atoms with Crippen molar-refractivity contribution in [3.8, 4) is 0 Å². The summed E-state index contributed by atoms with van der Waals surface area (Å²) in [6.45, 7) is 7.50. The third-order valence-electron chi connectivity index (χ3n) is 0.551. The zero-order valence-corrected chi connectivity index (χ0v) is 4.82. The summed E-state index contributed by atoms with van der Waals surface area (Å²) in [6.07, 6.45) is 2.22. The van der Waals surface area contributed by atoms with Gasteiger partial charge < -0.3 is 0 Å². The Bertz CT molecular complexity index is 59.1. The molecule has 0 N–H and O–H groups in total. The highest BCUT2D eigenvalue weighted by molar-refractivity contribution is 5.51. The van der Waals surface area contributed by atoms with Crippen molar-refractivity contribution >= 4 is 6.29 Å². The van der Waals surface area contributed by atoms with Crippen molar-refractivity contribution in [2.45, 2.75) is 20.3 Å². The number of rotatable bonds is 2. The third-order valence-corrected chi connectivity index (χ3v) is 0.551. The Kier molecular flexibility index (Phi) is 2.00. The Morgan fingerprint density at radius 3 is 2.14 bits per heavy atom. The fraction of sp³-hybridized carbons (Fsp3) is 0.667. The number of carbonyl (C=O) groups excluding carboxylic acids is 1. The van der Waals surface area contributed by atoms with Gasteiger partial charge in [-0.1, -0.05) is 13.8 Å². The van der Waals surface area contributed by atoms with E-state index in [1.807, 2.05) is 13.8 Å². The van der Waals surface area contributed by atoms with Crippen molar-refractivity contribution in [1.29, 1.82) is 0 Å². The Labute approximate surface area is 44.7 Å². The van der Waals surface area contributed by atoms with Crippen molar-refractivity contribution in [1.82, 2.24) is 0 Å². The Hall–Kier alpha value is -0.330. The van der Waals surface area contributed by atoms with Gasteiger partial charge in [-0.15, -0.1) is 0 Å². The fourth-order valence-corrected chi connectivity index (χ4v) is 0.195. The highest BCUT2D eigenvalue weighted by atomic mass is 16.1. The number of hydrogen-bond donors (Lipinski definition) is 0. The van der Waals surface area contributed by atoms with E-state index < -0.39 is 0 Å². The van der Waals surface area contributed by atoms with Crippen molar-refractivity contribution in [3.05, 3.63) is 6.92 Å². The SMILES string of the molecule is [CH2]C(C)(C)C[C]=O. The first-order chi connectivity index (χ1) is 3.06. The van der Waals surface area contributed by atoms with Crippen molar-refractivity contribution in [2.24, 2.45) is 5.41 Å². The predicted octanol–water partition coefficient (Wildman–Crippen LogP) is 1.35. The first-order valence-corrected chi connectivity index (χ1v) is 2.26. The fourth-order valence-electron chi connectivity index (χ4n) is 0.195. The average molecular weight is 98.1 g/mol. The molecule has 0 spiro atoms. The van der Waals surface area contributed by atoms with Crippen molar-refractivity contribution in [3.63, 3.8) is 0 Å². The maximum Gasteiger partial charge on any atom is 0.198 e. The molecule has 0 aliphatic carbocycles. The molecule has 0 aromatic rings. The van der Waals surface area contributed by atoms with Crippen LogP contribution in [-0.4, -0.2) is 6.29 Å². The first-order valence-electron chi connectivity index (χ1n) is 2.26. The molecule has 0 rings (SSSR count). The average Bonchev–Trinajstić information content (AvgIpc) is 1.30. The van der Waals surface area contributed by atoms with Crippen LogP contribution in [-0.2, 0) is 4.79 Å². The maximum absolute atomic E-state index is 9.66. The van der Waals surface area contributed by atoms with Gasteiger partial charge in [0.15, 0.2) is 6.29 Å². The molecule has 0 bridgehead atoms. The molecule has 0 saturated heterocycles. The summed E-state index contributed by atoms with van der Waals surface area (Å²) in [4.78, 5) is 9.66. The van der Waals surface area contributed by atoms with Crippen LogP contribution >= 0.6 is 0 Å². The van der Waals surface area contributed by atoms with Crippen molar-refractivity contribution < 1.29 is 4.79 Å². The van der Waals surface area contributed by atoms with Gasteiger partial charge in [0.05, 0.1) is 0 Å². The van der Waals surface area contributed by atoms with Gasteiger partial charge in [-0.05, 0) is 12.3 Å². The molecule has 0 unspecified atom stereocenters. The summed E-state index contributed by atoms with van der Waals surface area (Å²) in [5, 5.41) is 0. The van der Waals surface area contributed by atoms with Crippen LogP contribution in [0.15, 0.2) is 0 Å². The second-order valence-electron chi connectivity index (χ2n) is 2.49. The van der Waals surface area contributed by atoms with Crippen LogP contribution in [0.5, 0.6) is 0 Å². The lowest BCUT2D eigenvalue weighted by atomic mass is 9.93. The largest absolute Gasteiger partial charge is 0.291 e.